The van der Waals surface area contributed by atoms with Crippen LogP contribution in [0.3, 0.4) is 0 Å². The van der Waals surface area contributed by atoms with Crippen LogP contribution in [0.15, 0.2) is 35.1 Å². The van der Waals surface area contributed by atoms with E-state index < -0.39 is 17.2 Å². The van der Waals surface area contributed by atoms with Crippen molar-refractivity contribution in [2.45, 2.75) is 69.8 Å². The predicted octanol–water partition coefficient (Wildman–Crippen LogP) is 2.78. The highest BCUT2D eigenvalue weighted by molar-refractivity contribution is 5.19. The van der Waals surface area contributed by atoms with Crippen LogP contribution in [-0.2, 0) is 13.1 Å². The molecule has 2 unspecified atom stereocenters. The van der Waals surface area contributed by atoms with E-state index >= 15 is 0 Å². The molecular formula is C21H25F2N3O2. The number of piperidine rings is 2. The minimum atomic E-state index is -1.02. The van der Waals surface area contributed by atoms with Crippen molar-refractivity contribution in [3.05, 3.63) is 63.6 Å². The second-order valence-electron chi connectivity index (χ2n) is 8.25. The molecule has 7 heteroatoms. The van der Waals surface area contributed by atoms with Crippen LogP contribution in [-0.4, -0.2) is 37.5 Å². The third kappa shape index (κ3) is 3.86. The Morgan fingerprint density at radius 2 is 1.89 bits per heavy atom. The fourth-order valence-electron chi connectivity index (χ4n) is 4.79. The van der Waals surface area contributed by atoms with E-state index in [2.05, 4.69) is 10.00 Å². The summed E-state index contributed by atoms with van der Waals surface area (Å²) in [5, 5.41) is 15.5. The Balaban J connectivity index is 1.54. The summed E-state index contributed by atoms with van der Waals surface area (Å²) in [4.78, 5) is 14.3. The number of hydrogen-bond donors (Lipinski definition) is 1. The Morgan fingerprint density at radius 1 is 1.18 bits per heavy atom. The smallest absolute Gasteiger partial charge is 0.266 e. The molecule has 150 valence electrons. The van der Waals surface area contributed by atoms with Crippen molar-refractivity contribution in [1.82, 2.24) is 14.7 Å². The molecular weight excluding hydrogens is 364 g/mol. The standard InChI is InChI=1S/C21H25F2N3O2/c1-14-5-8-20(27)26(24-14)13-21(28)10-17-3-2-4-18(11-21)25(17)12-15-6-7-16(22)9-19(15)23/h5-9,17-18,28H,2-4,10-13H2,1H3. The van der Waals surface area contributed by atoms with Crippen molar-refractivity contribution in [3.63, 3.8) is 0 Å². The highest BCUT2D eigenvalue weighted by atomic mass is 19.1. The first-order valence-corrected chi connectivity index (χ1v) is 9.80. The Morgan fingerprint density at radius 3 is 2.57 bits per heavy atom. The van der Waals surface area contributed by atoms with E-state index in [1.807, 2.05) is 6.92 Å². The van der Waals surface area contributed by atoms with E-state index in [1.54, 1.807) is 6.07 Å². The zero-order valence-electron chi connectivity index (χ0n) is 15.9. The quantitative estimate of drug-likeness (QED) is 0.874. The van der Waals surface area contributed by atoms with Gasteiger partial charge in [-0.2, -0.15) is 5.10 Å². The van der Waals surface area contributed by atoms with Crippen LogP contribution in [0.5, 0.6) is 0 Å². The fourth-order valence-corrected chi connectivity index (χ4v) is 4.79. The van der Waals surface area contributed by atoms with Crippen LogP contribution in [0.4, 0.5) is 8.78 Å². The maximum Gasteiger partial charge on any atom is 0.266 e. The largest absolute Gasteiger partial charge is 0.388 e. The van der Waals surface area contributed by atoms with Crippen molar-refractivity contribution in [2.75, 3.05) is 0 Å². The van der Waals surface area contributed by atoms with E-state index in [9.17, 15) is 18.7 Å². The molecule has 2 aliphatic rings. The molecule has 0 radical (unpaired) electrons. The lowest BCUT2D eigenvalue weighted by atomic mass is 9.75. The van der Waals surface area contributed by atoms with E-state index in [1.165, 1.54) is 22.9 Å². The van der Waals surface area contributed by atoms with Crippen molar-refractivity contribution in [1.29, 1.82) is 0 Å². The van der Waals surface area contributed by atoms with Gasteiger partial charge in [-0.15, -0.1) is 0 Å². The lowest BCUT2D eigenvalue weighted by molar-refractivity contribution is -0.105. The summed E-state index contributed by atoms with van der Waals surface area (Å²) < 4.78 is 28.7. The number of fused-ring (bicyclic) bond motifs is 2. The zero-order valence-corrected chi connectivity index (χ0v) is 15.9. The van der Waals surface area contributed by atoms with Gasteiger partial charge in [-0.1, -0.05) is 12.5 Å². The summed E-state index contributed by atoms with van der Waals surface area (Å²) in [6, 6.07) is 7.03. The second-order valence-corrected chi connectivity index (χ2v) is 8.25. The average molecular weight is 389 g/mol. The number of nitrogens with zero attached hydrogens (tertiary/aromatic N) is 3. The number of benzene rings is 1. The number of aryl methyl sites for hydroxylation is 1. The highest BCUT2D eigenvalue weighted by Gasteiger charge is 2.46. The van der Waals surface area contributed by atoms with Crippen LogP contribution in [0.25, 0.3) is 0 Å². The van der Waals surface area contributed by atoms with Crippen molar-refractivity contribution >= 4 is 0 Å². The minimum absolute atomic E-state index is 0.0995. The van der Waals surface area contributed by atoms with Crippen LogP contribution >= 0.6 is 0 Å². The van der Waals surface area contributed by atoms with Gasteiger partial charge in [0, 0.05) is 36.3 Å². The van der Waals surface area contributed by atoms with Crippen LogP contribution < -0.4 is 5.56 Å². The molecule has 2 aliphatic heterocycles. The van der Waals surface area contributed by atoms with E-state index in [4.69, 9.17) is 0 Å². The Kier molecular flexibility index (Phi) is 5.05. The van der Waals surface area contributed by atoms with Gasteiger partial charge in [-0.25, -0.2) is 13.5 Å². The van der Waals surface area contributed by atoms with Gasteiger partial charge in [-0.05, 0) is 44.7 Å². The molecule has 2 bridgehead atoms. The molecule has 0 saturated carbocycles. The lowest BCUT2D eigenvalue weighted by Crippen LogP contribution is -2.59. The normalized spacial score (nSPS) is 27.7. The Bertz CT molecular complexity index is 916. The van der Waals surface area contributed by atoms with Crippen molar-refractivity contribution in [3.8, 4) is 0 Å². The summed E-state index contributed by atoms with van der Waals surface area (Å²) in [7, 11) is 0. The first-order chi connectivity index (χ1) is 13.3. The number of rotatable bonds is 4. The van der Waals surface area contributed by atoms with Crippen LogP contribution in [0, 0.1) is 18.6 Å². The van der Waals surface area contributed by atoms with E-state index in [0.29, 0.717) is 24.9 Å². The fraction of sp³-hybridized carbons (Fsp3) is 0.524. The molecule has 0 spiro atoms. The molecule has 1 aromatic carbocycles. The molecule has 2 aromatic rings. The summed E-state index contributed by atoms with van der Waals surface area (Å²) >= 11 is 0. The maximum atomic E-state index is 14.1. The minimum Gasteiger partial charge on any atom is -0.388 e. The highest BCUT2D eigenvalue weighted by Crippen LogP contribution is 2.40. The zero-order chi connectivity index (χ0) is 19.9. The number of hydrogen-bond acceptors (Lipinski definition) is 4. The molecule has 2 atom stereocenters. The molecule has 2 fully saturated rings. The Hall–Kier alpha value is -2.12. The van der Waals surface area contributed by atoms with E-state index in [-0.39, 0.29) is 24.2 Å². The number of halogens is 2. The predicted molar refractivity (Wildman–Crippen MR) is 101 cm³/mol. The van der Waals surface area contributed by atoms with Crippen molar-refractivity contribution in [2.24, 2.45) is 0 Å². The number of aliphatic hydroxyl groups is 1. The van der Waals surface area contributed by atoms with Gasteiger partial charge in [-0.3, -0.25) is 9.69 Å². The SMILES string of the molecule is Cc1ccc(=O)n(CC2(O)CC3CCCC(C2)N3Cc2ccc(F)cc2F)n1. The third-order valence-electron chi connectivity index (χ3n) is 6.06. The number of aromatic nitrogens is 2. The summed E-state index contributed by atoms with van der Waals surface area (Å²) in [5.74, 6) is -1.11. The average Bonchev–Trinajstić information content (AvgIpc) is 2.61. The van der Waals surface area contributed by atoms with Gasteiger partial charge >= 0.3 is 0 Å². The molecule has 0 amide bonds. The second kappa shape index (κ2) is 7.37. The lowest BCUT2D eigenvalue weighted by Gasteiger charge is -2.52. The van der Waals surface area contributed by atoms with Gasteiger partial charge < -0.3 is 5.11 Å². The molecule has 5 nitrogen and oxygen atoms in total. The topological polar surface area (TPSA) is 58.4 Å². The molecule has 28 heavy (non-hydrogen) atoms. The summed E-state index contributed by atoms with van der Waals surface area (Å²) in [6.45, 7) is 2.38. The molecule has 4 rings (SSSR count). The van der Waals surface area contributed by atoms with Gasteiger partial charge in [0.25, 0.3) is 5.56 Å². The van der Waals surface area contributed by atoms with Gasteiger partial charge in [0.05, 0.1) is 17.8 Å². The molecule has 1 aromatic heterocycles. The molecule has 2 saturated heterocycles. The van der Waals surface area contributed by atoms with Gasteiger partial charge in [0.15, 0.2) is 0 Å². The molecule has 1 N–H and O–H groups in total. The Labute approximate surface area is 162 Å². The van der Waals surface area contributed by atoms with Crippen molar-refractivity contribution < 1.29 is 13.9 Å². The summed E-state index contributed by atoms with van der Waals surface area (Å²) in [6.07, 6.45) is 3.91. The first kappa shape index (κ1) is 19.2. The van der Waals surface area contributed by atoms with Gasteiger partial charge in [0.2, 0.25) is 0 Å². The first-order valence-electron chi connectivity index (χ1n) is 9.80. The maximum absolute atomic E-state index is 14.1. The monoisotopic (exact) mass is 389 g/mol. The van der Waals surface area contributed by atoms with Crippen LogP contribution in [0.2, 0.25) is 0 Å². The van der Waals surface area contributed by atoms with Crippen LogP contribution in [0.1, 0.15) is 43.4 Å². The van der Waals surface area contributed by atoms with E-state index in [0.717, 1.165) is 31.0 Å². The molecule has 3 heterocycles. The van der Waals surface area contributed by atoms with Gasteiger partial charge in [0.1, 0.15) is 11.6 Å². The third-order valence-corrected chi connectivity index (χ3v) is 6.06. The summed E-state index contributed by atoms with van der Waals surface area (Å²) in [5.41, 5.74) is -0.0361. The molecule has 0 aliphatic carbocycles.